The van der Waals surface area contributed by atoms with Crippen LogP contribution in [0.3, 0.4) is 0 Å². The number of benzene rings is 5. The van der Waals surface area contributed by atoms with Gasteiger partial charge in [-0.05, 0) is 86.8 Å². The van der Waals surface area contributed by atoms with Crippen molar-refractivity contribution in [3.63, 3.8) is 0 Å². The molecule has 3 aliphatic heterocycles. The number of methoxy groups -OCH3 is 2. The van der Waals surface area contributed by atoms with E-state index in [2.05, 4.69) is 0 Å². The number of thiophene rings is 1. The summed E-state index contributed by atoms with van der Waals surface area (Å²) in [6.45, 7) is 5.97. The van der Waals surface area contributed by atoms with E-state index in [1.54, 1.807) is 67.6 Å². The van der Waals surface area contributed by atoms with Gasteiger partial charge in [-0.3, -0.25) is 13.6 Å². The highest BCUT2D eigenvalue weighted by Crippen LogP contribution is 2.59. The van der Waals surface area contributed by atoms with E-state index in [4.69, 9.17) is 48.2 Å². The van der Waals surface area contributed by atoms with Gasteiger partial charge in [0.25, 0.3) is 0 Å². The van der Waals surface area contributed by atoms with Gasteiger partial charge in [-0.15, -0.1) is 11.3 Å². The first-order chi connectivity index (χ1) is 28.8. The van der Waals surface area contributed by atoms with Crippen LogP contribution < -0.4 is 39.0 Å². The maximum atomic E-state index is 13.6. The fraction of sp³-hybridized carbons (Fsp3) is 0.190. The van der Waals surface area contributed by atoms with E-state index in [-0.39, 0.29) is 23.8 Å². The normalized spacial score (nSPS) is 19.9. The Labute approximate surface area is 354 Å². The lowest BCUT2D eigenvalue weighted by Crippen LogP contribution is -2.20. The van der Waals surface area contributed by atoms with Crippen LogP contribution >= 0.6 is 45.7 Å². The van der Waals surface area contributed by atoms with Crippen LogP contribution in [-0.4, -0.2) is 34.0 Å². The number of rotatable bonds is 8. The Morgan fingerprint density at radius 1 is 0.550 bits per heavy atom. The maximum Gasteiger partial charge on any atom is 0.411 e. The second-order valence-corrected chi connectivity index (χ2v) is 19.9. The van der Waals surface area contributed by atoms with Crippen LogP contribution in [-0.2, 0) is 27.3 Å². The number of ether oxygens (including phenoxy) is 2. The molecule has 0 saturated heterocycles. The Bertz CT molecular complexity index is 2730. The molecule has 6 aromatic rings. The van der Waals surface area contributed by atoms with Gasteiger partial charge in [-0.25, -0.2) is 22.5 Å². The number of fused-ring (bicyclic) bond motifs is 9. The van der Waals surface area contributed by atoms with Gasteiger partial charge >= 0.3 is 22.8 Å². The molecule has 314 valence electrons. The van der Waals surface area contributed by atoms with Crippen molar-refractivity contribution >= 4 is 61.6 Å². The fourth-order valence-electron chi connectivity index (χ4n) is 6.66. The molecule has 0 fully saturated rings. The number of hydrogen-bond donors (Lipinski definition) is 0. The Morgan fingerprint density at radius 3 is 1.65 bits per heavy atom. The lowest BCUT2D eigenvalue weighted by atomic mass is 10.0. The van der Waals surface area contributed by atoms with E-state index >= 15 is 0 Å². The summed E-state index contributed by atoms with van der Waals surface area (Å²) in [7, 11) is -7.39. The molecule has 0 radical (unpaired) electrons. The minimum atomic E-state index is -3.65. The second-order valence-electron chi connectivity index (χ2n) is 12.8. The summed E-state index contributed by atoms with van der Waals surface area (Å²) in [5.41, 5.74) is 3.49. The minimum absolute atomic E-state index is 0.176. The molecule has 0 amide bonds. The van der Waals surface area contributed by atoms with E-state index < -0.39 is 34.4 Å². The van der Waals surface area contributed by atoms with Gasteiger partial charge < -0.3 is 23.0 Å². The third-order valence-electron chi connectivity index (χ3n) is 9.14. The van der Waals surface area contributed by atoms with Gasteiger partial charge in [-0.1, -0.05) is 41.9 Å². The summed E-state index contributed by atoms with van der Waals surface area (Å²) < 4.78 is 109. The highest BCUT2D eigenvalue weighted by molar-refractivity contribution is 7.63. The summed E-state index contributed by atoms with van der Waals surface area (Å²) in [5.74, 6) is 1.38. The zero-order valence-corrected chi connectivity index (χ0v) is 37.1. The van der Waals surface area contributed by atoms with Crippen molar-refractivity contribution in [1.82, 2.24) is 0 Å². The Balaban J connectivity index is 0.000000138. The van der Waals surface area contributed by atoms with Gasteiger partial charge in [0.1, 0.15) is 28.9 Å². The van der Waals surface area contributed by atoms with Crippen LogP contribution in [0.15, 0.2) is 102 Å². The maximum absolute atomic E-state index is 13.6. The standard InChI is InChI=1S/C16H16FO5P.C14H11ClFO3P.C12H11O3PS/c1-4-21-23(18)16-7-10(17)5-6-11(16)12-8-14(19-2)15(20-3)9-13(12)22-23;1-2-18-20(17)14-8-10(16)4-5-11(14)12-7-9(15)3-6-13(12)19-20;1-2-14-16(13)11-6-4-3-5-9(11)12-10(15-16)7-8-17-12/h5-9H,4H2,1-3H3;3-8H,2H2,1H3;3-8H,2H2,1H3. The molecule has 1 aromatic heterocycles. The van der Waals surface area contributed by atoms with Crippen LogP contribution in [0.25, 0.3) is 32.7 Å². The zero-order chi connectivity index (χ0) is 42.8. The smallest absolute Gasteiger partial charge is 0.411 e. The predicted molar refractivity (Wildman–Crippen MR) is 230 cm³/mol. The molecule has 3 aliphatic rings. The first-order valence-electron chi connectivity index (χ1n) is 18.5. The third kappa shape index (κ3) is 8.41. The lowest BCUT2D eigenvalue weighted by molar-refractivity contribution is 0.286. The lowest BCUT2D eigenvalue weighted by Gasteiger charge is -2.28. The minimum Gasteiger partial charge on any atom is -0.493 e. The van der Waals surface area contributed by atoms with Crippen LogP contribution in [0.1, 0.15) is 20.8 Å². The molecule has 0 N–H and O–H groups in total. The average Bonchev–Trinajstić information content (AvgIpc) is 3.70. The van der Waals surface area contributed by atoms with Crippen molar-refractivity contribution in [3.05, 3.63) is 119 Å². The summed E-state index contributed by atoms with van der Waals surface area (Å²) in [5, 5.41) is 3.56. The predicted octanol–water partition coefficient (Wildman–Crippen LogP) is 11.8. The van der Waals surface area contributed by atoms with E-state index in [1.165, 1.54) is 38.5 Å². The zero-order valence-electron chi connectivity index (χ0n) is 32.8. The van der Waals surface area contributed by atoms with E-state index in [0.717, 1.165) is 10.4 Å². The van der Waals surface area contributed by atoms with Crippen molar-refractivity contribution in [3.8, 4) is 61.4 Å². The molecule has 5 aromatic carbocycles. The molecule has 18 heteroatoms. The van der Waals surface area contributed by atoms with Gasteiger partial charge in [0.15, 0.2) is 11.5 Å². The molecule has 11 nitrogen and oxygen atoms in total. The van der Waals surface area contributed by atoms with E-state index in [9.17, 15) is 22.5 Å². The summed E-state index contributed by atoms with van der Waals surface area (Å²) in [4.78, 5) is 1.02. The highest BCUT2D eigenvalue weighted by atomic mass is 35.5. The first kappa shape index (κ1) is 43.6. The van der Waals surface area contributed by atoms with E-state index in [0.29, 0.717) is 67.9 Å². The number of hydrogen-bond acceptors (Lipinski definition) is 12. The van der Waals surface area contributed by atoms with Crippen molar-refractivity contribution < 1.29 is 59.1 Å². The summed E-state index contributed by atoms with van der Waals surface area (Å²) in [6, 6.07) is 25.8. The molecule has 4 heterocycles. The first-order valence-corrected chi connectivity index (χ1v) is 24.3. The van der Waals surface area contributed by atoms with Crippen LogP contribution in [0.4, 0.5) is 8.78 Å². The van der Waals surface area contributed by atoms with Crippen LogP contribution in [0, 0.1) is 11.6 Å². The van der Waals surface area contributed by atoms with Crippen molar-refractivity contribution in [2.75, 3.05) is 34.0 Å². The average molecular weight is 917 g/mol. The molecular weight excluding hydrogens is 879 g/mol. The topological polar surface area (TPSA) is 125 Å². The molecule has 3 unspecified atom stereocenters. The molecule has 0 bridgehead atoms. The summed E-state index contributed by atoms with van der Waals surface area (Å²) >= 11 is 7.56. The molecule has 0 aliphatic carbocycles. The number of halogens is 3. The molecule has 3 atom stereocenters. The second kappa shape index (κ2) is 17.9. The fourth-order valence-corrected chi connectivity index (χ4v) is 13.3. The SMILES string of the molecule is CCOP1(=O)Oc2cc(OC)c(OC)cc2-c2ccc(F)cc21.CCOP1(=O)Oc2ccc(Cl)cc2-c2ccc(F)cc21.CCOP1(=O)Oc2ccsc2-c2ccccc21. The Kier molecular flexibility index (Phi) is 13.0. The van der Waals surface area contributed by atoms with Crippen LogP contribution in [0.5, 0.6) is 28.7 Å². The third-order valence-corrected chi connectivity index (χ3v) is 16.3. The quantitative estimate of drug-likeness (QED) is 0.135. The summed E-state index contributed by atoms with van der Waals surface area (Å²) in [6.07, 6.45) is 0. The Morgan fingerprint density at radius 2 is 1.07 bits per heavy atom. The monoisotopic (exact) mass is 916 g/mol. The van der Waals surface area contributed by atoms with Crippen LogP contribution in [0.2, 0.25) is 5.02 Å². The van der Waals surface area contributed by atoms with Gasteiger partial charge in [0, 0.05) is 38.9 Å². The molecule has 9 rings (SSSR count). The van der Waals surface area contributed by atoms with Gasteiger partial charge in [0.2, 0.25) is 0 Å². The van der Waals surface area contributed by atoms with Crippen molar-refractivity contribution in [2.24, 2.45) is 0 Å². The van der Waals surface area contributed by atoms with Crippen molar-refractivity contribution in [1.29, 1.82) is 0 Å². The van der Waals surface area contributed by atoms with Gasteiger partial charge in [0.05, 0.1) is 54.8 Å². The highest BCUT2D eigenvalue weighted by Gasteiger charge is 2.40. The molecule has 0 spiro atoms. The largest absolute Gasteiger partial charge is 0.493 e. The molecular formula is C42H38ClF2O11P3S. The molecule has 60 heavy (non-hydrogen) atoms. The van der Waals surface area contributed by atoms with Crippen molar-refractivity contribution in [2.45, 2.75) is 20.8 Å². The Hall–Kier alpha value is -4.48. The molecule has 0 saturated carbocycles. The van der Waals surface area contributed by atoms with E-state index in [1.807, 2.05) is 42.6 Å². The van der Waals surface area contributed by atoms with Gasteiger partial charge in [-0.2, -0.15) is 0 Å².